The van der Waals surface area contributed by atoms with E-state index in [0.717, 1.165) is 47.4 Å². The number of thiocarbonyl (C=S) groups is 1. The quantitative estimate of drug-likeness (QED) is 0.701. The minimum Gasteiger partial charge on any atom is -0.496 e. The van der Waals surface area contributed by atoms with E-state index < -0.39 is 0 Å². The molecule has 0 aliphatic carbocycles. The highest BCUT2D eigenvalue weighted by molar-refractivity contribution is 7.80. The number of rotatable bonds is 5. The van der Waals surface area contributed by atoms with Crippen LogP contribution >= 0.6 is 23.8 Å². The molecule has 0 saturated carbocycles. The zero-order chi connectivity index (χ0) is 19.4. The summed E-state index contributed by atoms with van der Waals surface area (Å²) in [5, 5.41) is 0.750. The van der Waals surface area contributed by atoms with Crippen molar-refractivity contribution < 1.29 is 14.2 Å². The molecule has 1 aliphatic rings. The number of ether oxygens (including phenoxy) is 3. The van der Waals surface area contributed by atoms with E-state index in [0.29, 0.717) is 17.2 Å². The summed E-state index contributed by atoms with van der Waals surface area (Å²) in [7, 11) is 4.84. The summed E-state index contributed by atoms with van der Waals surface area (Å²) in [5.41, 5.74) is 1.97. The minimum atomic E-state index is 0.617. The number of benzene rings is 2. The third kappa shape index (κ3) is 4.22. The Labute approximate surface area is 170 Å². The zero-order valence-corrected chi connectivity index (χ0v) is 17.3. The van der Waals surface area contributed by atoms with Gasteiger partial charge in [0, 0.05) is 43.0 Å². The topological polar surface area (TPSA) is 34.2 Å². The van der Waals surface area contributed by atoms with Crippen LogP contribution in [0.2, 0.25) is 5.02 Å². The van der Waals surface area contributed by atoms with Gasteiger partial charge in [-0.2, -0.15) is 0 Å². The van der Waals surface area contributed by atoms with Crippen LogP contribution in [0.3, 0.4) is 0 Å². The van der Waals surface area contributed by atoms with Crippen molar-refractivity contribution in [2.45, 2.75) is 0 Å². The second-order valence-electron chi connectivity index (χ2n) is 6.17. The van der Waals surface area contributed by atoms with E-state index in [1.165, 1.54) is 0 Å². The Morgan fingerprint density at radius 1 is 0.889 bits per heavy atom. The van der Waals surface area contributed by atoms with Gasteiger partial charge in [-0.15, -0.1) is 0 Å². The van der Waals surface area contributed by atoms with Crippen molar-refractivity contribution in [2.24, 2.45) is 0 Å². The normalized spacial score (nSPS) is 14.1. The molecule has 1 fully saturated rings. The molecule has 1 heterocycles. The third-order valence-electron chi connectivity index (χ3n) is 4.68. The lowest BCUT2D eigenvalue weighted by molar-refractivity contribution is 0.347. The van der Waals surface area contributed by atoms with Gasteiger partial charge < -0.3 is 24.0 Å². The maximum atomic E-state index is 6.12. The van der Waals surface area contributed by atoms with Crippen LogP contribution in [0.15, 0.2) is 36.4 Å². The first-order valence-corrected chi connectivity index (χ1v) is 9.45. The number of anilines is 1. The molecule has 0 radical (unpaired) electrons. The summed E-state index contributed by atoms with van der Waals surface area (Å²) in [6.45, 7) is 3.39. The fourth-order valence-electron chi connectivity index (χ4n) is 3.21. The van der Waals surface area contributed by atoms with Crippen molar-refractivity contribution in [3.05, 3.63) is 47.0 Å². The smallest absolute Gasteiger partial charge is 0.164 e. The highest BCUT2D eigenvalue weighted by Crippen LogP contribution is 2.35. The average Bonchev–Trinajstić information content (AvgIpc) is 2.72. The molecule has 2 aromatic rings. The molecule has 0 spiro atoms. The third-order valence-corrected chi connectivity index (χ3v) is 5.39. The molecule has 0 N–H and O–H groups in total. The lowest BCUT2D eigenvalue weighted by Crippen LogP contribution is -2.48. The maximum Gasteiger partial charge on any atom is 0.164 e. The predicted octanol–water partition coefficient (Wildman–Crippen LogP) is 3.86. The molecule has 0 amide bonds. The summed E-state index contributed by atoms with van der Waals surface area (Å²) >= 11 is 11.9. The number of hydrogen-bond acceptors (Lipinski definition) is 5. The summed E-state index contributed by atoms with van der Waals surface area (Å²) in [4.78, 5) is 5.26. The Balaban J connectivity index is 1.76. The number of methoxy groups -OCH3 is 3. The van der Waals surface area contributed by atoms with Crippen LogP contribution in [-0.2, 0) is 0 Å². The molecule has 0 bridgehead atoms. The molecule has 144 valence electrons. The molecule has 5 nitrogen and oxygen atoms in total. The molecule has 0 atom stereocenters. The SMILES string of the molecule is COc1cc(OC)c(C(=S)N2CCN(c3cccc(Cl)c3)CC2)cc1OC. The molecule has 1 aliphatic heterocycles. The molecule has 1 saturated heterocycles. The van der Waals surface area contributed by atoms with Crippen LogP contribution < -0.4 is 19.1 Å². The molecule has 3 rings (SSSR count). The predicted molar refractivity (Wildman–Crippen MR) is 113 cm³/mol. The highest BCUT2D eigenvalue weighted by atomic mass is 35.5. The summed E-state index contributed by atoms with van der Waals surface area (Å²) in [5.74, 6) is 1.93. The fourth-order valence-corrected chi connectivity index (χ4v) is 3.73. The van der Waals surface area contributed by atoms with E-state index in [1.54, 1.807) is 21.3 Å². The molecule has 0 unspecified atom stereocenters. The lowest BCUT2D eigenvalue weighted by Gasteiger charge is -2.37. The van der Waals surface area contributed by atoms with Gasteiger partial charge in [0.25, 0.3) is 0 Å². The first kappa shape index (κ1) is 19.6. The van der Waals surface area contributed by atoms with Gasteiger partial charge in [0.05, 0.1) is 26.9 Å². The van der Waals surface area contributed by atoms with E-state index in [1.807, 2.05) is 30.3 Å². The van der Waals surface area contributed by atoms with Gasteiger partial charge in [-0.05, 0) is 24.3 Å². The number of halogens is 1. The highest BCUT2D eigenvalue weighted by Gasteiger charge is 2.23. The summed E-state index contributed by atoms with van der Waals surface area (Å²) in [6.07, 6.45) is 0. The molecular formula is C20H23ClN2O3S. The Morgan fingerprint density at radius 3 is 2.11 bits per heavy atom. The van der Waals surface area contributed by atoms with Crippen LogP contribution in [0, 0.1) is 0 Å². The molecule has 2 aromatic carbocycles. The van der Waals surface area contributed by atoms with Gasteiger partial charge in [-0.25, -0.2) is 0 Å². The van der Waals surface area contributed by atoms with Crippen molar-refractivity contribution >= 4 is 34.5 Å². The zero-order valence-electron chi connectivity index (χ0n) is 15.7. The summed E-state index contributed by atoms with van der Waals surface area (Å²) < 4.78 is 16.3. The second kappa shape index (κ2) is 8.67. The summed E-state index contributed by atoms with van der Waals surface area (Å²) in [6, 6.07) is 11.6. The molecule has 0 aromatic heterocycles. The number of nitrogens with zero attached hydrogens (tertiary/aromatic N) is 2. The van der Waals surface area contributed by atoms with Crippen molar-refractivity contribution in [1.29, 1.82) is 0 Å². The van der Waals surface area contributed by atoms with E-state index >= 15 is 0 Å². The molecule has 7 heteroatoms. The largest absolute Gasteiger partial charge is 0.496 e. The van der Waals surface area contributed by atoms with Crippen LogP contribution in [0.4, 0.5) is 5.69 Å². The average molecular weight is 407 g/mol. The molecule has 27 heavy (non-hydrogen) atoms. The Hall–Kier alpha value is -2.18. The Kier molecular flexibility index (Phi) is 6.29. The second-order valence-corrected chi connectivity index (χ2v) is 6.99. The van der Waals surface area contributed by atoms with Gasteiger partial charge in [-0.3, -0.25) is 0 Å². The van der Waals surface area contributed by atoms with Crippen molar-refractivity contribution in [3.8, 4) is 17.2 Å². The van der Waals surface area contributed by atoms with E-state index in [-0.39, 0.29) is 0 Å². The fraction of sp³-hybridized carbons (Fsp3) is 0.350. The van der Waals surface area contributed by atoms with Gasteiger partial charge in [0.2, 0.25) is 0 Å². The monoisotopic (exact) mass is 406 g/mol. The Bertz CT molecular complexity index is 823. The Morgan fingerprint density at radius 2 is 1.52 bits per heavy atom. The standard InChI is InChI=1S/C20H23ClN2O3S/c1-24-17-13-19(26-3)18(25-2)12-16(17)20(27)23-9-7-22(8-10-23)15-6-4-5-14(21)11-15/h4-6,11-13H,7-10H2,1-3H3. The van der Waals surface area contributed by atoms with Crippen LogP contribution in [0.1, 0.15) is 5.56 Å². The van der Waals surface area contributed by atoms with Crippen molar-refractivity contribution in [1.82, 2.24) is 4.90 Å². The maximum absolute atomic E-state index is 6.12. The minimum absolute atomic E-state index is 0.617. The van der Waals surface area contributed by atoms with E-state index in [4.69, 9.17) is 38.0 Å². The van der Waals surface area contributed by atoms with E-state index in [2.05, 4.69) is 15.9 Å². The van der Waals surface area contributed by atoms with E-state index in [9.17, 15) is 0 Å². The van der Waals surface area contributed by atoms with Gasteiger partial charge in [-0.1, -0.05) is 29.9 Å². The number of hydrogen-bond donors (Lipinski definition) is 0. The van der Waals surface area contributed by atoms with Crippen molar-refractivity contribution in [2.75, 3.05) is 52.4 Å². The van der Waals surface area contributed by atoms with Gasteiger partial charge in [0.1, 0.15) is 10.7 Å². The molecular weight excluding hydrogens is 384 g/mol. The van der Waals surface area contributed by atoms with Crippen LogP contribution in [0.25, 0.3) is 0 Å². The van der Waals surface area contributed by atoms with Crippen LogP contribution in [-0.4, -0.2) is 57.4 Å². The van der Waals surface area contributed by atoms with Crippen LogP contribution in [0.5, 0.6) is 17.2 Å². The van der Waals surface area contributed by atoms with Gasteiger partial charge in [0.15, 0.2) is 11.5 Å². The van der Waals surface area contributed by atoms with Crippen molar-refractivity contribution in [3.63, 3.8) is 0 Å². The lowest BCUT2D eigenvalue weighted by atomic mass is 10.1. The first-order valence-electron chi connectivity index (χ1n) is 8.67. The van der Waals surface area contributed by atoms with Gasteiger partial charge >= 0.3 is 0 Å². The first-order chi connectivity index (χ1) is 13.1. The number of piperazine rings is 1.